The molecule has 0 aromatic heterocycles. The van der Waals surface area contributed by atoms with Crippen LogP contribution < -0.4 is 5.32 Å². The highest BCUT2D eigenvalue weighted by atomic mass is 16.4. The highest BCUT2D eigenvalue weighted by molar-refractivity contribution is 5.81. The second-order valence-electron chi connectivity index (χ2n) is 6.66. The normalized spacial score (nSPS) is 18.9. The molecule has 2 N–H and O–H groups in total. The van der Waals surface area contributed by atoms with E-state index >= 15 is 0 Å². The molecule has 1 atom stereocenters. The summed E-state index contributed by atoms with van der Waals surface area (Å²) in [5.41, 5.74) is -0.844. The average molecular weight is 312 g/mol. The van der Waals surface area contributed by atoms with Crippen LogP contribution in [0.4, 0.5) is 0 Å². The number of nitrogens with zero attached hydrogens (tertiary/aromatic N) is 1. The zero-order valence-corrected chi connectivity index (χ0v) is 13.9. The smallest absolute Gasteiger partial charge is 0.309 e. The number of piperidine rings is 1. The molecule has 0 radical (unpaired) electrons. The van der Waals surface area contributed by atoms with E-state index in [1.807, 2.05) is 6.92 Å². The molecule has 1 saturated heterocycles. The van der Waals surface area contributed by atoms with Gasteiger partial charge in [-0.15, -0.1) is 0 Å². The van der Waals surface area contributed by atoms with Crippen molar-refractivity contribution < 1.29 is 19.5 Å². The lowest BCUT2D eigenvalue weighted by Crippen LogP contribution is -2.46. The number of carboxylic acids is 1. The number of likely N-dealkylation sites (tertiary alicyclic amines) is 1. The Morgan fingerprint density at radius 1 is 1.32 bits per heavy atom. The van der Waals surface area contributed by atoms with Crippen LogP contribution in [-0.2, 0) is 14.4 Å². The van der Waals surface area contributed by atoms with Crippen molar-refractivity contribution in [1.29, 1.82) is 0 Å². The maximum Gasteiger partial charge on any atom is 0.309 e. The first-order valence-corrected chi connectivity index (χ1v) is 8.06. The number of nitrogens with one attached hydrogen (secondary N) is 1. The summed E-state index contributed by atoms with van der Waals surface area (Å²) in [7, 11) is 0. The molecule has 1 aliphatic rings. The first kappa shape index (κ1) is 18.5. The van der Waals surface area contributed by atoms with Gasteiger partial charge in [0.1, 0.15) is 0 Å². The molecular formula is C16H28N2O4. The summed E-state index contributed by atoms with van der Waals surface area (Å²) < 4.78 is 0. The molecule has 0 aromatic carbocycles. The quantitative estimate of drug-likeness (QED) is 0.748. The largest absolute Gasteiger partial charge is 0.481 e. The number of carbonyl (C=O) groups is 3. The number of carboxylic acid groups (broad SMARTS) is 1. The van der Waals surface area contributed by atoms with Gasteiger partial charge in [-0.2, -0.15) is 0 Å². The van der Waals surface area contributed by atoms with E-state index in [1.54, 1.807) is 18.7 Å². The van der Waals surface area contributed by atoms with Crippen LogP contribution in [0.2, 0.25) is 0 Å². The third-order valence-corrected chi connectivity index (χ3v) is 4.24. The van der Waals surface area contributed by atoms with Crippen molar-refractivity contribution in [3.8, 4) is 0 Å². The minimum Gasteiger partial charge on any atom is -0.481 e. The van der Waals surface area contributed by atoms with Gasteiger partial charge >= 0.3 is 5.97 Å². The van der Waals surface area contributed by atoms with Gasteiger partial charge in [-0.05, 0) is 39.5 Å². The summed E-state index contributed by atoms with van der Waals surface area (Å²) in [6, 6.07) is 0. The number of rotatable bonds is 7. The van der Waals surface area contributed by atoms with Crippen LogP contribution >= 0.6 is 0 Å². The first-order valence-electron chi connectivity index (χ1n) is 8.06. The Morgan fingerprint density at radius 3 is 2.59 bits per heavy atom. The lowest BCUT2D eigenvalue weighted by molar-refractivity contribution is -0.147. The fourth-order valence-corrected chi connectivity index (χ4v) is 2.54. The molecule has 1 fully saturated rings. The summed E-state index contributed by atoms with van der Waals surface area (Å²) >= 11 is 0. The van der Waals surface area contributed by atoms with Gasteiger partial charge in [0.25, 0.3) is 0 Å². The van der Waals surface area contributed by atoms with Crippen LogP contribution in [0.15, 0.2) is 0 Å². The molecule has 6 nitrogen and oxygen atoms in total. The van der Waals surface area contributed by atoms with Crippen LogP contribution in [0.25, 0.3) is 0 Å². The van der Waals surface area contributed by atoms with E-state index in [0.717, 1.165) is 25.8 Å². The summed E-state index contributed by atoms with van der Waals surface area (Å²) in [6.45, 7) is 6.82. The lowest BCUT2D eigenvalue weighted by atomic mass is 9.89. The zero-order chi connectivity index (χ0) is 16.8. The van der Waals surface area contributed by atoms with Gasteiger partial charge in [0.05, 0.1) is 11.3 Å². The fourth-order valence-electron chi connectivity index (χ4n) is 2.54. The maximum absolute atomic E-state index is 12.2. The highest BCUT2D eigenvalue weighted by Gasteiger charge is 2.29. The number of hydrogen-bond donors (Lipinski definition) is 2. The molecule has 1 unspecified atom stereocenters. The third kappa shape index (κ3) is 5.31. The van der Waals surface area contributed by atoms with Crippen molar-refractivity contribution in [2.45, 2.75) is 52.9 Å². The molecule has 0 saturated carbocycles. The SMILES string of the molecule is CCCC(=O)N1CCCC(C(=O)NCCC(C)(C)C(=O)O)C1. The molecule has 1 aliphatic heterocycles. The molecule has 0 bridgehead atoms. The van der Waals surface area contributed by atoms with Crippen molar-refractivity contribution in [2.75, 3.05) is 19.6 Å². The van der Waals surface area contributed by atoms with E-state index in [-0.39, 0.29) is 17.7 Å². The molecule has 1 rings (SSSR count). The van der Waals surface area contributed by atoms with Crippen LogP contribution in [0.5, 0.6) is 0 Å². The van der Waals surface area contributed by atoms with Gasteiger partial charge in [0.15, 0.2) is 0 Å². The van der Waals surface area contributed by atoms with E-state index in [4.69, 9.17) is 5.11 Å². The maximum atomic E-state index is 12.2. The Bertz CT molecular complexity index is 420. The van der Waals surface area contributed by atoms with Crippen LogP contribution in [0.3, 0.4) is 0 Å². The second-order valence-corrected chi connectivity index (χ2v) is 6.66. The predicted octanol–water partition coefficient (Wildman–Crippen LogP) is 1.64. The van der Waals surface area contributed by atoms with Crippen LogP contribution in [0.1, 0.15) is 52.9 Å². The number of amides is 2. The van der Waals surface area contributed by atoms with Gasteiger partial charge in [-0.25, -0.2) is 0 Å². The molecular weight excluding hydrogens is 284 g/mol. The summed E-state index contributed by atoms with van der Waals surface area (Å²) in [5.74, 6) is -1.000. The average Bonchev–Trinajstić information content (AvgIpc) is 2.47. The second kappa shape index (κ2) is 8.15. The van der Waals surface area contributed by atoms with Crippen molar-refractivity contribution in [1.82, 2.24) is 10.2 Å². The molecule has 126 valence electrons. The molecule has 2 amide bonds. The molecule has 0 aromatic rings. The summed E-state index contributed by atoms with van der Waals surface area (Å²) in [4.78, 5) is 36.9. The Morgan fingerprint density at radius 2 is 2.00 bits per heavy atom. The Kier molecular flexibility index (Phi) is 6.84. The number of carbonyl (C=O) groups excluding carboxylic acids is 2. The van der Waals surface area contributed by atoms with E-state index in [0.29, 0.717) is 25.9 Å². The van der Waals surface area contributed by atoms with E-state index in [2.05, 4.69) is 5.32 Å². The van der Waals surface area contributed by atoms with Crippen molar-refractivity contribution >= 4 is 17.8 Å². The Balaban J connectivity index is 2.42. The van der Waals surface area contributed by atoms with E-state index in [9.17, 15) is 14.4 Å². The van der Waals surface area contributed by atoms with Gasteiger partial charge < -0.3 is 15.3 Å². The summed E-state index contributed by atoms with van der Waals surface area (Å²) in [5, 5.41) is 11.9. The minimum atomic E-state index is -0.865. The monoisotopic (exact) mass is 312 g/mol. The van der Waals surface area contributed by atoms with Crippen LogP contribution in [0, 0.1) is 11.3 Å². The third-order valence-electron chi connectivity index (χ3n) is 4.24. The predicted molar refractivity (Wildman–Crippen MR) is 83.3 cm³/mol. The lowest BCUT2D eigenvalue weighted by Gasteiger charge is -2.32. The van der Waals surface area contributed by atoms with Gasteiger partial charge in [0, 0.05) is 26.1 Å². The van der Waals surface area contributed by atoms with E-state index < -0.39 is 11.4 Å². The fraction of sp³-hybridized carbons (Fsp3) is 0.812. The van der Waals surface area contributed by atoms with Crippen LogP contribution in [-0.4, -0.2) is 47.4 Å². The molecule has 1 heterocycles. The van der Waals surface area contributed by atoms with Crippen molar-refractivity contribution in [2.24, 2.45) is 11.3 Å². The number of aliphatic carboxylic acids is 1. The topological polar surface area (TPSA) is 86.7 Å². The van der Waals surface area contributed by atoms with Gasteiger partial charge in [-0.3, -0.25) is 14.4 Å². The standard InChI is InChI=1S/C16H28N2O4/c1-4-6-13(19)18-10-5-7-12(11-18)14(20)17-9-8-16(2,3)15(21)22/h12H,4-11H2,1-3H3,(H,17,20)(H,21,22). The molecule has 22 heavy (non-hydrogen) atoms. The highest BCUT2D eigenvalue weighted by Crippen LogP contribution is 2.20. The van der Waals surface area contributed by atoms with Crippen molar-refractivity contribution in [3.05, 3.63) is 0 Å². The number of hydrogen-bond acceptors (Lipinski definition) is 3. The van der Waals surface area contributed by atoms with E-state index in [1.165, 1.54) is 0 Å². The Hall–Kier alpha value is -1.59. The minimum absolute atomic E-state index is 0.0739. The zero-order valence-electron chi connectivity index (χ0n) is 13.9. The molecule has 0 spiro atoms. The Labute approximate surface area is 132 Å². The van der Waals surface area contributed by atoms with Gasteiger partial charge in [-0.1, -0.05) is 6.92 Å². The summed E-state index contributed by atoms with van der Waals surface area (Å²) in [6.07, 6.45) is 3.36. The first-order chi connectivity index (χ1) is 10.3. The van der Waals surface area contributed by atoms with Gasteiger partial charge in [0.2, 0.25) is 11.8 Å². The molecule has 6 heteroatoms. The molecule has 0 aliphatic carbocycles. The van der Waals surface area contributed by atoms with Crippen molar-refractivity contribution in [3.63, 3.8) is 0 Å².